The number of halogens is 1. The van der Waals surface area contributed by atoms with Crippen molar-refractivity contribution in [1.82, 2.24) is 34.5 Å². The molecule has 4 aromatic rings. The number of aromatic nitrogens is 5. The molecule has 9 nitrogen and oxygen atoms in total. The highest BCUT2D eigenvalue weighted by Crippen LogP contribution is 2.28. The number of hydrogen-bond acceptors (Lipinski definition) is 8. The number of hydrogen-bond donors (Lipinski definition) is 0. The van der Waals surface area contributed by atoms with Crippen LogP contribution in [0.1, 0.15) is 21.7 Å². The second kappa shape index (κ2) is 10.5. The Hall–Kier alpha value is -3.76. The summed E-state index contributed by atoms with van der Waals surface area (Å²) >= 11 is 0. The number of likely N-dealkylation sites (N-methyl/N-ethyl adjacent to an activating group) is 1. The SMILES string of the molecule is CN1CCN(c2ccc(C(=O)Cc3cc4cc(-c5cnn6c5CN(CCF)CC6)ncc4cn3)cn2)CC1. The van der Waals surface area contributed by atoms with Gasteiger partial charge < -0.3 is 9.80 Å². The van der Waals surface area contributed by atoms with Gasteiger partial charge in [0.15, 0.2) is 5.78 Å². The number of ketones is 1. The van der Waals surface area contributed by atoms with Gasteiger partial charge in [-0.3, -0.25) is 24.3 Å². The first-order chi connectivity index (χ1) is 18.6. The van der Waals surface area contributed by atoms with Gasteiger partial charge in [-0.15, -0.1) is 0 Å². The Kier molecular flexibility index (Phi) is 6.82. The Bertz CT molecular complexity index is 1450. The molecule has 0 saturated carbocycles. The van der Waals surface area contributed by atoms with Crippen LogP contribution >= 0.6 is 0 Å². The molecule has 4 aromatic heterocycles. The summed E-state index contributed by atoms with van der Waals surface area (Å²) in [5, 5.41) is 6.40. The Morgan fingerprint density at radius 2 is 1.76 bits per heavy atom. The number of Topliss-reactive ketones (excluding diaryl/α,β-unsaturated/α-hetero) is 1. The van der Waals surface area contributed by atoms with Crippen LogP contribution in [0.15, 0.2) is 49.1 Å². The molecule has 0 spiro atoms. The fraction of sp³-hybridized carbons (Fsp3) is 0.393. The predicted molar refractivity (Wildman–Crippen MR) is 144 cm³/mol. The van der Waals surface area contributed by atoms with Crippen LogP contribution in [0.5, 0.6) is 0 Å². The quantitative estimate of drug-likeness (QED) is 0.348. The molecule has 0 unspecified atom stereocenters. The van der Waals surface area contributed by atoms with Gasteiger partial charge in [-0.2, -0.15) is 5.10 Å². The van der Waals surface area contributed by atoms with Crippen molar-refractivity contribution in [1.29, 1.82) is 0 Å². The first-order valence-corrected chi connectivity index (χ1v) is 13.1. The molecule has 6 rings (SSSR count). The lowest BCUT2D eigenvalue weighted by Crippen LogP contribution is -2.44. The van der Waals surface area contributed by atoms with Gasteiger partial charge in [0.2, 0.25) is 0 Å². The zero-order valence-electron chi connectivity index (χ0n) is 21.6. The van der Waals surface area contributed by atoms with Gasteiger partial charge in [-0.25, -0.2) is 9.37 Å². The van der Waals surface area contributed by atoms with Crippen molar-refractivity contribution < 1.29 is 9.18 Å². The van der Waals surface area contributed by atoms with Gasteiger partial charge in [0.05, 0.1) is 30.6 Å². The maximum absolute atomic E-state index is 13.0. The molecule has 1 fully saturated rings. The molecule has 2 aliphatic rings. The number of fused-ring (bicyclic) bond motifs is 2. The van der Waals surface area contributed by atoms with Crippen LogP contribution in [0, 0.1) is 0 Å². The summed E-state index contributed by atoms with van der Waals surface area (Å²) < 4.78 is 14.9. The van der Waals surface area contributed by atoms with Crippen molar-refractivity contribution in [2.75, 3.05) is 57.9 Å². The summed E-state index contributed by atoms with van der Waals surface area (Å²) in [7, 11) is 2.12. The first-order valence-electron chi connectivity index (χ1n) is 13.1. The zero-order chi connectivity index (χ0) is 26.1. The monoisotopic (exact) mass is 514 g/mol. The summed E-state index contributed by atoms with van der Waals surface area (Å²) in [4.78, 5) is 33.4. The first kappa shape index (κ1) is 24.6. The molecular weight excluding hydrogens is 483 g/mol. The van der Waals surface area contributed by atoms with E-state index in [-0.39, 0.29) is 18.9 Å². The fourth-order valence-corrected chi connectivity index (χ4v) is 5.19. The Balaban J connectivity index is 1.19. The third-order valence-electron chi connectivity index (χ3n) is 7.53. The number of carbonyl (C=O) groups is 1. The molecule has 10 heteroatoms. The third-order valence-corrected chi connectivity index (χ3v) is 7.53. The van der Waals surface area contributed by atoms with E-state index in [1.54, 1.807) is 18.6 Å². The number of rotatable bonds is 7. The molecule has 0 bridgehead atoms. The number of pyridine rings is 3. The van der Waals surface area contributed by atoms with Crippen LogP contribution in [-0.4, -0.2) is 93.3 Å². The topological polar surface area (TPSA) is 83.3 Å². The normalized spacial score (nSPS) is 16.6. The molecule has 0 N–H and O–H groups in total. The van der Waals surface area contributed by atoms with Crippen molar-refractivity contribution >= 4 is 22.4 Å². The van der Waals surface area contributed by atoms with Crippen LogP contribution in [0.3, 0.4) is 0 Å². The lowest BCUT2D eigenvalue weighted by Gasteiger charge is -2.33. The molecular formula is C28H31FN8O. The van der Waals surface area contributed by atoms with E-state index in [0.717, 1.165) is 72.8 Å². The van der Waals surface area contributed by atoms with E-state index in [9.17, 15) is 9.18 Å². The average molecular weight is 515 g/mol. The molecule has 0 aromatic carbocycles. The molecule has 38 heavy (non-hydrogen) atoms. The molecule has 2 aliphatic heterocycles. The molecule has 0 aliphatic carbocycles. The van der Waals surface area contributed by atoms with Gasteiger partial charge in [0.25, 0.3) is 0 Å². The summed E-state index contributed by atoms with van der Waals surface area (Å²) in [6, 6.07) is 7.77. The average Bonchev–Trinajstić information content (AvgIpc) is 3.37. The summed E-state index contributed by atoms with van der Waals surface area (Å²) in [5.41, 5.74) is 4.11. The molecule has 0 atom stereocenters. The maximum Gasteiger partial charge on any atom is 0.170 e. The van der Waals surface area contributed by atoms with Crippen molar-refractivity contribution in [3.05, 3.63) is 66.0 Å². The molecule has 0 radical (unpaired) electrons. The summed E-state index contributed by atoms with van der Waals surface area (Å²) in [5.74, 6) is 0.899. The lowest BCUT2D eigenvalue weighted by molar-refractivity contribution is 0.0991. The minimum atomic E-state index is -0.358. The van der Waals surface area contributed by atoms with E-state index in [0.29, 0.717) is 24.3 Å². The number of nitrogens with zero attached hydrogens (tertiary/aromatic N) is 8. The largest absolute Gasteiger partial charge is 0.354 e. The third kappa shape index (κ3) is 5.01. The fourth-order valence-electron chi connectivity index (χ4n) is 5.19. The van der Waals surface area contributed by atoms with E-state index >= 15 is 0 Å². The molecule has 0 amide bonds. The van der Waals surface area contributed by atoms with Crippen LogP contribution in [-0.2, 0) is 19.5 Å². The highest BCUT2D eigenvalue weighted by Gasteiger charge is 2.22. The second-order valence-electron chi connectivity index (χ2n) is 10.1. The summed E-state index contributed by atoms with van der Waals surface area (Å²) in [6.45, 7) is 6.14. The highest BCUT2D eigenvalue weighted by atomic mass is 19.1. The van der Waals surface area contributed by atoms with Crippen molar-refractivity contribution in [3.63, 3.8) is 0 Å². The minimum absolute atomic E-state index is 0.0118. The van der Waals surface area contributed by atoms with Crippen LogP contribution in [0.2, 0.25) is 0 Å². The van der Waals surface area contributed by atoms with Crippen molar-refractivity contribution in [2.45, 2.75) is 19.5 Å². The van der Waals surface area contributed by atoms with Crippen LogP contribution < -0.4 is 4.90 Å². The lowest BCUT2D eigenvalue weighted by atomic mass is 10.0. The minimum Gasteiger partial charge on any atom is -0.354 e. The van der Waals surface area contributed by atoms with Gasteiger partial charge in [-0.05, 0) is 36.7 Å². The Morgan fingerprint density at radius 1 is 0.921 bits per heavy atom. The number of piperazine rings is 1. The highest BCUT2D eigenvalue weighted by molar-refractivity contribution is 5.97. The zero-order valence-corrected chi connectivity index (χ0v) is 21.6. The van der Waals surface area contributed by atoms with E-state index in [1.165, 1.54) is 0 Å². The van der Waals surface area contributed by atoms with Crippen LogP contribution in [0.25, 0.3) is 22.0 Å². The maximum atomic E-state index is 13.0. The van der Waals surface area contributed by atoms with E-state index in [2.05, 4.69) is 41.8 Å². The van der Waals surface area contributed by atoms with E-state index in [1.807, 2.05) is 35.1 Å². The number of alkyl halides is 1. The van der Waals surface area contributed by atoms with E-state index < -0.39 is 0 Å². The molecule has 196 valence electrons. The predicted octanol–water partition coefficient (Wildman–Crippen LogP) is 2.85. The van der Waals surface area contributed by atoms with Gasteiger partial charge in [0, 0.05) is 86.6 Å². The molecule has 1 saturated heterocycles. The smallest absolute Gasteiger partial charge is 0.170 e. The number of anilines is 1. The van der Waals surface area contributed by atoms with Crippen molar-refractivity contribution in [3.8, 4) is 11.3 Å². The second-order valence-corrected chi connectivity index (χ2v) is 10.1. The van der Waals surface area contributed by atoms with Gasteiger partial charge >= 0.3 is 0 Å². The Labute approximate surface area is 220 Å². The standard InChI is InChI=1S/C28H31FN8O/c1-34-6-9-36(10-7-34)28-3-2-20(15-32-28)27(38)14-23-12-21-13-25(31-17-22(21)16-30-23)24-18-33-37-11-8-35(5-4-29)19-26(24)37/h2-3,12-13,15-18H,4-11,14,19H2,1H3. The van der Waals surface area contributed by atoms with Gasteiger partial charge in [0.1, 0.15) is 12.5 Å². The van der Waals surface area contributed by atoms with E-state index in [4.69, 9.17) is 0 Å². The Morgan fingerprint density at radius 3 is 2.55 bits per heavy atom. The van der Waals surface area contributed by atoms with Crippen LogP contribution in [0.4, 0.5) is 10.2 Å². The van der Waals surface area contributed by atoms with Crippen molar-refractivity contribution in [2.24, 2.45) is 0 Å². The van der Waals surface area contributed by atoms with Gasteiger partial charge in [-0.1, -0.05) is 0 Å². The molecule has 6 heterocycles. The summed E-state index contributed by atoms with van der Waals surface area (Å²) in [6.07, 6.45) is 7.28. The number of carbonyl (C=O) groups excluding carboxylic acids is 1.